The lowest BCUT2D eigenvalue weighted by Gasteiger charge is -2.26. The van der Waals surface area contributed by atoms with E-state index >= 15 is 0 Å². The Bertz CT molecular complexity index is 1340. The van der Waals surface area contributed by atoms with Gasteiger partial charge < -0.3 is 19.4 Å². The Hall–Kier alpha value is -3.68. The molecule has 1 saturated heterocycles. The number of rotatable bonds is 5. The van der Waals surface area contributed by atoms with Crippen LogP contribution in [0.2, 0.25) is 5.02 Å². The number of ether oxygens (including phenoxy) is 1. The maximum Gasteiger partial charge on any atom is 0.337 e. The van der Waals surface area contributed by atoms with Gasteiger partial charge in [-0.15, -0.1) is 0 Å². The van der Waals surface area contributed by atoms with Crippen molar-refractivity contribution in [3.63, 3.8) is 0 Å². The second-order valence-corrected chi connectivity index (χ2v) is 8.57. The van der Waals surface area contributed by atoms with E-state index in [1.54, 1.807) is 24.4 Å². The van der Waals surface area contributed by atoms with E-state index in [0.717, 1.165) is 16.9 Å². The van der Waals surface area contributed by atoms with Crippen LogP contribution in [0.1, 0.15) is 33.9 Å². The van der Waals surface area contributed by atoms with Gasteiger partial charge in [0.1, 0.15) is 17.6 Å². The van der Waals surface area contributed by atoms with E-state index in [4.69, 9.17) is 33.0 Å². The molecule has 0 spiro atoms. The first kappa shape index (κ1) is 22.1. The number of hydrogen-bond donors (Lipinski definition) is 1. The van der Waals surface area contributed by atoms with E-state index < -0.39 is 5.97 Å². The number of pyridine rings is 1. The number of aromatic nitrogens is 1. The van der Waals surface area contributed by atoms with Crippen LogP contribution in [0.5, 0.6) is 0 Å². The molecule has 3 heterocycles. The molecule has 0 amide bonds. The highest BCUT2D eigenvalue weighted by molar-refractivity contribution is 7.80. The summed E-state index contributed by atoms with van der Waals surface area (Å²) in [5, 5.41) is 4.61. The molecule has 0 aliphatic carbocycles. The SMILES string of the molecule is COC(=O)c1cccc(-c2ccc(C3C(c4ccccn4)NC(=S)N3c3ccc(Cl)cc3)o2)c1. The van der Waals surface area contributed by atoms with Crippen LogP contribution < -0.4 is 10.2 Å². The molecule has 5 rings (SSSR count). The Labute approximate surface area is 207 Å². The quantitative estimate of drug-likeness (QED) is 0.274. The molecule has 34 heavy (non-hydrogen) atoms. The first-order chi connectivity index (χ1) is 16.5. The van der Waals surface area contributed by atoms with Crippen molar-refractivity contribution in [2.75, 3.05) is 12.0 Å². The minimum Gasteiger partial charge on any atom is -0.465 e. The number of carbonyl (C=O) groups is 1. The number of methoxy groups -OCH3 is 1. The number of benzene rings is 2. The Morgan fingerprint density at radius 1 is 1.09 bits per heavy atom. The van der Waals surface area contributed by atoms with Gasteiger partial charge in [0.2, 0.25) is 0 Å². The zero-order valence-electron chi connectivity index (χ0n) is 18.1. The van der Waals surface area contributed by atoms with Gasteiger partial charge in [-0.25, -0.2) is 4.79 Å². The molecule has 2 aromatic carbocycles. The second kappa shape index (κ2) is 9.29. The Kier molecular flexibility index (Phi) is 6.04. The van der Waals surface area contributed by atoms with Crippen molar-refractivity contribution in [3.05, 3.63) is 107 Å². The largest absolute Gasteiger partial charge is 0.465 e. The molecule has 170 valence electrons. The normalized spacial score (nSPS) is 17.5. The van der Waals surface area contributed by atoms with Crippen molar-refractivity contribution in [1.82, 2.24) is 10.3 Å². The van der Waals surface area contributed by atoms with Gasteiger partial charge in [-0.05, 0) is 72.9 Å². The molecule has 1 fully saturated rings. The number of anilines is 1. The molecule has 2 aromatic heterocycles. The van der Waals surface area contributed by atoms with Crippen LogP contribution in [-0.2, 0) is 4.74 Å². The lowest BCUT2D eigenvalue weighted by molar-refractivity contribution is 0.0601. The van der Waals surface area contributed by atoms with Gasteiger partial charge in [0.25, 0.3) is 0 Å². The predicted molar refractivity (Wildman–Crippen MR) is 135 cm³/mol. The average Bonchev–Trinajstić information content (AvgIpc) is 3.49. The van der Waals surface area contributed by atoms with E-state index in [2.05, 4.69) is 10.3 Å². The monoisotopic (exact) mass is 489 g/mol. The molecule has 1 aliphatic rings. The molecular formula is C26H20ClN3O3S. The third-order valence-electron chi connectivity index (χ3n) is 5.69. The molecule has 6 nitrogen and oxygen atoms in total. The highest BCUT2D eigenvalue weighted by Gasteiger charge is 2.42. The maximum atomic E-state index is 12.0. The number of nitrogens with one attached hydrogen (secondary N) is 1. The van der Waals surface area contributed by atoms with Crippen LogP contribution in [0.4, 0.5) is 5.69 Å². The summed E-state index contributed by atoms with van der Waals surface area (Å²) in [6, 6.07) is 23.7. The summed E-state index contributed by atoms with van der Waals surface area (Å²) >= 11 is 11.9. The van der Waals surface area contributed by atoms with Crippen molar-refractivity contribution in [2.24, 2.45) is 0 Å². The highest BCUT2D eigenvalue weighted by Crippen LogP contribution is 2.43. The molecule has 1 N–H and O–H groups in total. The Morgan fingerprint density at radius 3 is 2.65 bits per heavy atom. The fraction of sp³-hybridized carbons (Fsp3) is 0.115. The van der Waals surface area contributed by atoms with Crippen LogP contribution in [0.15, 0.2) is 89.5 Å². The van der Waals surface area contributed by atoms with Crippen LogP contribution in [0.25, 0.3) is 11.3 Å². The average molecular weight is 490 g/mol. The van der Waals surface area contributed by atoms with Crippen molar-refractivity contribution >= 4 is 40.6 Å². The van der Waals surface area contributed by atoms with Gasteiger partial charge in [0.05, 0.1) is 24.4 Å². The van der Waals surface area contributed by atoms with Gasteiger partial charge >= 0.3 is 5.97 Å². The molecule has 8 heteroatoms. The summed E-state index contributed by atoms with van der Waals surface area (Å²) in [6.45, 7) is 0. The van der Waals surface area contributed by atoms with E-state index in [-0.39, 0.29) is 12.1 Å². The smallest absolute Gasteiger partial charge is 0.337 e. The van der Waals surface area contributed by atoms with Gasteiger partial charge in [-0.3, -0.25) is 4.98 Å². The van der Waals surface area contributed by atoms with Gasteiger partial charge in [-0.1, -0.05) is 29.8 Å². The summed E-state index contributed by atoms with van der Waals surface area (Å²) in [5.41, 5.74) is 2.96. The van der Waals surface area contributed by atoms with E-state index in [0.29, 0.717) is 27.2 Å². The van der Waals surface area contributed by atoms with E-state index in [1.165, 1.54) is 7.11 Å². The first-order valence-corrected chi connectivity index (χ1v) is 11.4. The van der Waals surface area contributed by atoms with Crippen LogP contribution in [0.3, 0.4) is 0 Å². The van der Waals surface area contributed by atoms with Gasteiger partial charge in [0, 0.05) is 22.5 Å². The summed E-state index contributed by atoms with van der Waals surface area (Å²) < 4.78 is 11.2. The summed E-state index contributed by atoms with van der Waals surface area (Å²) in [6.07, 6.45) is 1.76. The number of carbonyl (C=O) groups excluding carboxylic acids is 1. The molecule has 2 unspecified atom stereocenters. The molecule has 1 aliphatic heterocycles. The number of halogens is 1. The highest BCUT2D eigenvalue weighted by atomic mass is 35.5. The van der Waals surface area contributed by atoms with Gasteiger partial charge in [0.15, 0.2) is 5.11 Å². The third-order valence-corrected chi connectivity index (χ3v) is 6.26. The van der Waals surface area contributed by atoms with E-state index in [9.17, 15) is 4.79 Å². The Morgan fingerprint density at radius 2 is 1.91 bits per heavy atom. The van der Waals surface area contributed by atoms with Crippen molar-refractivity contribution < 1.29 is 13.9 Å². The van der Waals surface area contributed by atoms with Crippen molar-refractivity contribution in [3.8, 4) is 11.3 Å². The van der Waals surface area contributed by atoms with Crippen LogP contribution in [-0.4, -0.2) is 23.2 Å². The van der Waals surface area contributed by atoms with Gasteiger partial charge in [-0.2, -0.15) is 0 Å². The molecule has 0 saturated carbocycles. The summed E-state index contributed by atoms with van der Waals surface area (Å²) in [4.78, 5) is 18.5. The zero-order valence-corrected chi connectivity index (χ0v) is 19.7. The fourth-order valence-corrected chi connectivity index (χ4v) is 4.58. The molecule has 0 radical (unpaired) electrons. The van der Waals surface area contributed by atoms with E-state index in [1.807, 2.05) is 65.6 Å². The standard InChI is InChI=1S/C26H20ClN3O3S/c1-32-25(31)17-6-4-5-16(15-17)21-12-13-22(33-21)24-23(20-7-2-3-14-28-20)29-26(34)30(24)19-10-8-18(27)9-11-19/h2-15,23-24H,1H3,(H,29,34). The van der Waals surface area contributed by atoms with Crippen LogP contribution in [0, 0.1) is 0 Å². The molecular weight excluding hydrogens is 470 g/mol. The first-order valence-electron chi connectivity index (χ1n) is 10.6. The minimum atomic E-state index is -0.400. The fourth-order valence-electron chi connectivity index (χ4n) is 4.11. The number of furan rings is 1. The maximum absolute atomic E-state index is 12.0. The predicted octanol–water partition coefficient (Wildman–Crippen LogP) is 5.96. The van der Waals surface area contributed by atoms with Crippen LogP contribution >= 0.6 is 23.8 Å². The third kappa shape index (κ3) is 4.16. The lowest BCUT2D eigenvalue weighted by atomic mass is 10.0. The zero-order chi connectivity index (χ0) is 23.7. The molecule has 4 aromatic rings. The number of nitrogens with zero attached hydrogens (tertiary/aromatic N) is 2. The molecule has 2 atom stereocenters. The number of hydrogen-bond acceptors (Lipinski definition) is 5. The number of thiocarbonyl (C=S) groups is 1. The summed E-state index contributed by atoms with van der Waals surface area (Å²) in [5.74, 6) is 0.939. The lowest BCUT2D eigenvalue weighted by Crippen LogP contribution is -2.29. The van der Waals surface area contributed by atoms with Crippen molar-refractivity contribution in [2.45, 2.75) is 12.1 Å². The molecule has 0 bridgehead atoms. The minimum absolute atomic E-state index is 0.232. The Balaban J connectivity index is 1.57. The summed E-state index contributed by atoms with van der Waals surface area (Å²) in [7, 11) is 1.36. The second-order valence-electron chi connectivity index (χ2n) is 7.75. The van der Waals surface area contributed by atoms with Crippen molar-refractivity contribution in [1.29, 1.82) is 0 Å². The number of esters is 1. The topological polar surface area (TPSA) is 67.6 Å².